The molecule has 3 rings (SSSR count). The highest BCUT2D eigenvalue weighted by Crippen LogP contribution is 2.30. The Balaban J connectivity index is 2.13. The molecule has 10 nitrogen and oxygen atoms in total. The summed E-state index contributed by atoms with van der Waals surface area (Å²) in [5, 5.41) is 3.10. The second-order valence-corrected chi connectivity index (χ2v) is 9.13. The van der Waals surface area contributed by atoms with Crippen molar-refractivity contribution in [1.82, 2.24) is 15.0 Å². The average Bonchev–Trinajstić information content (AvgIpc) is 3.20. The Morgan fingerprint density at radius 3 is 2.68 bits per heavy atom. The summed E-state index contributed by atoms with van der Waals surface area (Å²) in [7, 11) is -2.33. The minimum atomic E-state index is -3.87. The van der Waals surface area contributed by atoms with Gasteiger partial charge in [0.15, 0.2) is 5.82 Å². The number of benzene rings is 1. The number of aromatic nitrogens is 3. The van der Waals surface area contributed by atoms with E-state index < -0.39 is 38.7 Å². The van der Waals surface area contributed by atoms with E-state index >= 15 is 4.39 Å². The van der Waals surface area contributed by atoms with Crippen LogP contribution in [-0.2, 0) is 10.0 Å². The van der Waals surface area contributed by atoms with Crippen LogP contribution in [-0.4, -0.2) is 48.2 Å². The van der Waals surface area contributed by atoms with Crippen LogP contribution in [0.1, 0.15) is 36.2 Å². The van der Waals surface area contributed by atoms with Gasteiger partial charge in [-0.15, -0.1) is 0 Å². The van der Waals surface area contributed by atoms with Crippen LogP contribution >= 0.6 is 0 Å². The summed E-state index contributed by atoms with van der Waals surface area (Å²) in [5.74, 6) is -3.64. The summed E-state index contributed by atoms with van der Waals surface area (Å²) >= 11 is 0. The number of anilines is 2. The Labute approximate surface area is 194 Å². The number of nitrogens with two attached hydrogens (primary N) is 1. The van der Waals surface area contributed by atoms with E-state index in [0.29, 0.717) is 11.4 Å². The van der Waals surface area contributed by atoms with Gasteiger partial charge in [0.1, 0.15) is 23.6 Å². The van der Waals surface area contributed by atoms with Crippen LogP contribution in [0.25, 0.3) is 11.0 Å². The van der Waals surface area contributed by atoms with Crippen LogP contribution in [0.15, 0.2) is 41.0 Å². The number of aromatic amines is 1. The van der Waals surface area contributed by atoms with Crippen LogP contribution in [0.4, 0.5) is 20.3 Å². The molecule has 2 aromatic heterocycles. The molecule has 13 heteroatoms. The maximum Gasteiger partial charge on any atom is 0.232 e. The number of hydrogen-bond donors (Lipinski definition) is 4. The third kappa shape index (κ3) is 5.03. The summed E-state index contributed by atoms with van der Waals surface area (Å²) in [4.78, 5) is 28.1. The maximum atomic E-state index is 15.2. The molecule has 3 aromatic rings. The average molecular weight is 492 g/mol. The number of carbonyl (C=O) groups excluding carboxylic acids is 1. The number of hydrogen-bond acceptors (Lipinski definition) is 8. The maximum absolute atomic E-state index is 15.2. The fourth-order valence-corrected chi connectivity index (χ4v) is 4.32. The largest absolute Gasteiger partial charge is 0.401 e. The van der Waals surface area contributed by atoms with Crippen LogP contribution < -0.4 is 15.8 Å². The van der Waals surface area contributed by atoms with E-state index in [4.69, 9.17) is 5.73 Å². The summed E-state index contributed by atoms with van der Waals surface area (Å²) in [6.07, 6.45) is 4.21. The number of carbonyl (C=O) groups is 1. The van der Waals surface area contributed by atoms with E-state index in [2.05, 4.69) is 30.0 Å². The van der Waals surface area contributed by atoms with E-state index in [1.807, 2.05) is 0 Å². The molecular formula is C21H23F2N7O3S. The van der Waals surface area contributed by atoms with Gasteiger partial charge in [-0.05, 0) is 25.5 Å². The molecule has 0 aliphatic carbocycles. The number of ketones is 1. The number of allylic oxidation sites excluding steroid dienone is 2. The van der Waals surface area contributed by atoms with Gasteiger partial charge in [0.05, 0.1) is 33.7 Å². The Kier molecular flexibility index (Phi) is 7.25. The molecule has 2 heterocycles. The fraction of sp³-hybridized carbons (Fsp3) is 0.238. The van der Waals surface area contributed by atoms with Crippen molar-refractivity contribution in [2.75, 3.05) is 22.8 Å². The van der Waals surface area contributed by atoms with E-state index in [0.717, 1.165) is 12.1 Å². The first kappa shape index (κ1) is 24.8. The molecule has 0 amide bonds. The summed E-state index contributed by atoms with van der Waals surface area (Å²) in [6.45, 7) is 3.26. The Morgan fingerprint density at radius 2 is 2.03 bits per heavy atom. The number of rotatable bonds is 9. The van der Waals surface area contributed by atoms with E-state index in [1.54, 1.807) is 20.9 Å². The first-order chi connectivity index (χ1) is 16.1. The monoisotopic (exact) mass is 491 g/mol. The van der Waals surface area contributed by atoms with Gasteiger partial charge in [0, 0.05) is 25.2 Å². The molecule has 0 aliphatic rings. The molecule has 0 unspecified atom stereocenters. The molecule has 0 spiro atoms. The number of sulfonamides is 1. The zero-order valence-electron chi connectivity index (χ0n) is 18.6. The van der Waals surface area contributed by atoms with Crippen LogP contribution in [0.3, 0.4) is 0 Å². The lowest BCUT2D eigenvalue weighted by Crippen LogP contribution is -2.18. The molecule has 180 valence electrons. The minimum absolute atomic E-state index is 0.132. The molecular weight excluding hydrogens is 468 g/mol. The second kappa shape index (κ2) is 9.95. The summed E-state index contributed by atoms with van der Waals surface area (Å²) in [5.41, 5.74) is 5.27. The Morgan fingerprint density at radius 1 is 1.29 bits per heavy atom. The zero-order chi connectivity index (χ0) is 25.0. The quantitative estimate of drug-likeness (QED) is 0.265. The number of halogens is 2. The smallest absolute Gasteiger partial charge is 0.232 e. The van der Waals surface area contributed by atoms with Crippen LogP contribution in [0.2, 0.25) is 0 Å². The van der Waals surface area contributed by atoms with Gasteiger partial charge in [0.2, 0.25) is 15.8 Å². The van der Waals surface area contributed by atoms with Crippen molar-refractivity contribution in [3.05, 3.63) is 58.8 Å². The van der Waals surface area contributed by atoms with Gasteiger partial charge in [0.25, 0.3) is 0 Å². The number of fused-ring (bicyclic) bond motifs is 1. The predicted molar refractivity (Wildman–Crippen MR) is 126 cm³/mol. The lowest BCUT2D eigenvalue weighted by molar-refractivity contribution is 0.103. The van der Waals surface area contributed by atoms with Crippen LogP contribution in [0, 0.1) is 11.6 Å². The first-order valence-electron chi connectivity index (χ1n) is 10.1. The lowest BCUT2D eigenvalue weighted by atomic mass is 10.0. The van der Waals surface area contributed by atoms with E-state index in [-0.39, 0.29) is 34.6 Å². The molecule has 0 fully saturated rings. The zero-order valence-corrected chi connectivity index (χ0v) is 19.4. The number of nitrogens with zero attached hydrogens (tertiary/aromatic N) is 3. The Bertz CT molecular complexity index is 1410. The fourth-order valence-electron chi connectivity index (χ4n) is 3.19. The SMILES string of the molecule is CCCS(=O)(=O)Nc1ccc(F)c(C(=O)c2c[nH]c3ncnc(NC(C=NC)=C(C)N)c23)c1F. The van der Waals surface area contributed by atoms with Crippen molar-refractivity contribution in [3.63, 3.8) is 0 Å². The number of H-pyrrole nitrogens is 1. The highest BCUT2D eigenvalue weighted by atomic mass is 32.2. The van der Waals surface area contributed by atoms with Gasteiger partial charge >= 0.3 is 0 Å². The standard InChI is InChI=1S/C21H23F2N7O3S/c1-4-7-34(32,33)30-14-6-5-13(22)17(18(14)23)19(31)12-8-26-20-16(12)21(28-10-27-20)29-15(9-25-3)11(2)24/h5-6,8-10,30H,4,7,24H2,1-3H3,(H2,26,27,28,29). The highest BCUT2D eigenvalue weighted by molar-refractivity contribution is 7.92. The van der Waals surface area contributed by atoms with Crippen molar-refractivity contribution in [3.8, 4) is 0 Å². The van der Waals surface area contributed by atoms with Gasteiger partial charge < -0.3 is 16.0 Å². The summed E-state index contributed by atoms with van der Waals surface area (Å²) in [6, 6.07) is 1.74. The molecule has 0 saturated heterocycles. The topological polar surface area (TPSA) is 155 Å². The molecule has 0 atom stereocenters. The third-order valence-electron chi connectivity index (χ3n) is 4.71. The molecule has 0 aliphatic heterocycles. The minimum Gasteiger partial charge on any atom is -0.401 e. The van der Waals surface area contributed by atoms with Crippen molar-refractivity contribution in [1.29, 1.82) is 0 Å². The number of aliphatic imine (C=N–C) groups is 1. The van der Waals surface area contributed by atoms with Crippen molar-refractivity contribution in [2.45, 2.75) is 20.3 Å². The van der Waals surface area contributed by atoms with Gasteiger partial charge in [-0.1, -0.05) is 6.92 Å². The van der Waals surface area contributed by atoms with Gasteiger partial charge in [-0.3, -0.25) is 14.5 Å². The normalized spacial score (nSPS) is 12.7. The van der Waals surface area contributed by atoms with Gasteiger partial charge in [-0.2, -0.15) is 0 Å². The van der Waals surface area contributed by atoms with Crippen molar-refractivity contribution in [2.24, 2.45) is 10.7 Å². The molecule has 34 heavy (non-hydrogen) atoms. The van der Waals surface area contributed by atoms with Gasteiger partial charge in [-0.25, -0.2) is 27.2 Å². The molecule has 5 N–H and O–H groups in total. The molecule has 1 aromatic carbocycles. The van der Waals surface area contributed by atoms with Crippen LogP contribution in [0.5, 0.6) is 0 Å². The number of nitrogens with one attached hydrogen (secondary N) is 3. The highest BCUT2D eigenvalue weighted by Gasteiger charge is 2.27. The van der Waals surface area contributed by atoms with E-state index in [1.165, 1.54) is 18.7 Å². The second-order valence-electron chi connectivity index (χ2n) is 7.29. The lowest BCUT2D eigenvalue weighted by Gasteiger charge is -2.12. The molecule has 0 bridgehead atoms. The molecule has 0 saturated carbocycles. The Hall–Kier alpha value is -3.87. The summed E-state index contributed by atoms with van der Waals surface area (Å²) < 4.78 is 56.0. The first-order valence-corrected chi connectivity index (χ1v) is 11.8. The van der Waals surface area contributed by atoms with Crippen molar-refractivity contribution < 1.29 is 22.0 Å². The van der Waals surface area contributed by atoms with Crippen molar-refractivity contribution >= 4 is 44.6 Å². The van der Waals surface area contributed by atoms with E-state index in [9.17, 15) is 17.6 Å². The predicted octanol–water partition coefficient (Wildman–Crippen LogP) is 2.92. The third-order valence-corrected chi connectivity index (χ3v) is 6.18. The molecule has 0 radical (unpaired) electrons.